The summed E-state index contributed by atoms with van der Waals surface area (Å²) in [5.41, 5.74) is 6.32. The molecule has 4 rings (SSSR count). The molecule has 1 fully saturated rings. The maximum atomic E-state index is 12.3. The van der Waals surface area contributed by atoms with Crippen LogP contribution in [0, 0.1) is 12.8 Å². The second-order valence-corrected chi connectivity index (χ2v) is 7.38. The zero-order chi connectivity index (χ0) is 20.9. The number of benzene rings is 3. The zero-order valence-electron chi connectivity index (χ0n) is 16.7. The van der Waals surface area contributed by atoms with Crippen molar-refractivity contribution in [1.82, 2.24) is 0 Å². The number of nitrogens with zero attached hydrogens (tertiary/aromatic N) is 1. The average molecular weight is 407 g/mol. The lowest BCUT2D eigenvalue weighted by Gasteiger charge is -2.12. The summed E-state index contributed by atoms with van der Waals surface area (Å²) in [7, 11) is 0. The standard InChI is InChI=1S/C25H23F2NO2/c1-17-21(8-5-9-23(17)18-6-3-2-4-7-18)16-29-28-24(19-10-11-19)20-12-14-22(15-13-20)30-25(26)27/h2-9,12-15,19,25H,10-11,16H2,1H3. The Hall–Kier alpha value is -3.21. The summed E-state index contributed by atoms with van der Waals surface area (Å²) in [6, 6.07) is 23.0. The van der Waals surface area contributed by atoms with Gasteiger partial charge in [-0.3, -0.25) is 0 Å². The number of hydrogen-bond acceptors (Lipinski definition) is 3. The van der Waals surface area contributed by atoms with Crippen LogP contribution in [-0.2, 0) is 11.4 Å². The maximum absolute atomic E-state index is 12.3. The Morgan fingerprint density at radius 1 is 0.967 bits per heavy atom. The zero-order valence-corrected chi connectivity index (χ0v) is 16.7. The van der Waals surface area contributed by atoms with Gasteiger partial charge in [0.25, 0.3) is 0 Å². The van der Waals surface area contributed by atoms with E-state index in [0.717, 1.165) is 29.7 Å². The Kier molecular flexibility index (Phi) is 6.07. The van der Waals surface area contributed by atoms with E-state index >= 15 is 0 Å². The second kappa shape index (κ2) is 9.08. The molecule has 1 saturated carbocycles. The van der Waals surface area contributed by atoms with Gasteiger partial charge in [0.15, 0.2) is 0 Å². The molecule has 5 heteroatoms. The Bertz CT molecular complexity index is 1010. The number of rotatable bonds is 8. The fraction of sp³-hybridized carbons (Fsp3) is 0.240. The fourth-order valence-electron chi connectivity index (χ4n) is 3.47. The van der Waals surface area contributed by atoms with E-state index in [9.17, 15) is 8.78 Å². The third-order valence-electron chi connectivity index (χ3n) is 5.25. The molecule has 0 amide bonds. The highest BCUT2D eigenvalue weighted by Crippen LogP contribution is 2.34. The van der Waals surface area contributed by atoms with Gasteiger partial charge in [0, 0.05) is 5.92 Å². The first kappa shape index (κ1) is 20.1. The van der Waals surface area contributed by atoms with Crippen molar-refractivity contribution in [3.05, 3.63) is 89.5 Å². The smallest absolute Gasteiger partial charge is 0.387 e. The predicted octanol–water partition coefficient (Wildman–Crippen LogP) is 6.59. The number of alkyl halides is 2. The van der Waals surface area contributed by atoms with Crippen molar-refractivity contribution in [2.45, 2.75) is 33.0 Å². The molecule has 0 unspecified atom stereocenters. The molecular formula is C25H23F2NO2. The number of halogens is 2. The van der Waals surface area contributed by atoms with Crippen molar-refractivity contribution in [2.75, 3.05) is 0 Å². The molecule has 1 aliphatic carbocycles. The molecule has 0 aromatic heterocycles. The first-order valence-corrected chi connectivity index (χ1v) is 10.0. The van der Waals surface area contributed by atoms with E-state index in [1.165, 1.54) is 28.8 Å². The van der Waals surface area contributed by atoms with E-state index in [-0.39, 0.29) is 5.75 Å². The summed E-state index contributed by atoms with van der Waals surface area (Å²) in [6.45, 7) is -0.366. The second-order valence-electron chi connectivity index (χ2n) is 7.38. The van der Waals surface area contributed by atoms with E-state index < -0.39 is 6.61 Å². The van der Waals surface area contributed by atoms with Gasteiger partial charge in [0.1, 0.15) is 12.4 Å². The normalized spacial score (nSPS) is 14.1. The molecule has 0 heterocycles. The van der Waals surface area contributed by atoms with Crippen molar-refractivity contribution >= 4 is 5.71 Å². The molecule has 30 heavy (non-hydrogen) atoms. The lowest BCUT2D eigenvalue weighted by molar-refractivity contribution is -0.0498. The molecule has 0 N–H and O–H groups in total. The molecule has 1 aliphatic rings. The predicted molar refractivity (Wildman–Crippen MR) is 114 cm³/mol. The van der Waals surface area contributed by atoms with Crippen molar-refractivity contribution in [3.8, 4) is 16.9 Å². The summed E-state index contributed by atoms with van der Waals surface area (Å²) in [4.78, 5) is 5.74. The van der Waals surface area contributed by atoms with Crippen LogP contribution in [0.25, 0.3) is 11.1 Å². The topological polar surface area (TPSA) is 30.8 Å². The number of hydrogen-bond donors (Lipinski definition) is 0. The highest BCUT2D eigenvalue weighted by Gasteiger charge is 2.29. The van der Waals surface area contributed by atoms with Crippen molar-refractivity contribution in [2.24, 2.45) is 11.1 Å². The minimum atomic E-state index is -2.83. The molecule has 0 saturated heterocycles. The molecule has 0 radical (unpaired) electrons. The van der Waals surface area contributed by atoms with E-state index in [4.69, 9.17) is 4.84 Å². The van der Waals surface area contributed by atoms with Crippen molar-refractivity contribution in [3.63, 3.8) is 0 Å². The summed E-state index contributed by atoms with van der Waals surface area (Å²) >= 11 is 0. The Balaban J connectivity index is 1.49. The van der Waals surface area contributed by atoms with E-state index in [1.54, 1.807) is 12.1 Å². The molecule has 3 aromatic carbocycles. The molecule has 0 aliphatic heterocycles. The highest BCUT2D eigenvalue weighted by molar-refractivity contribution is 6.03. The fourth-order valence-corrected chi connectivity index (χ4v) is 3.47. The minimum Gasteiger partial charge on any atom is -0.435 e. The van der Waals surface area contributed by atoms with Crippen LogP contribution in [0.4, 0.5) is 8.78 Å². The van der Waals surface area contributed by atoms with Crippen LogP contribution >= 0.6 is 0 Å². The molecule has 154 valence electrons. The third kappa shape index (κ3) is 4.85. The van der Waals surface area contributed by atoms with Gasteiger partial charge < -0.3 is 9.57 Å². The molecule has 0 spiro atoms. The quantitative estimate of drug-likeness (QED) is 0.311. The van der Waals surface area contributed by atoms with Gasteiger partial charge in [0.2, 0.25) is 0 Å². The monoisotopic (exact) mass is 407 g/mol. The van der Waals surface area contributed by atoms with Crippen LogP contribution in [-0.4, -0.2) is 12.3 Å². The van der Waals surface area contributed by atoms with E-state index in [0.29, 0.717) is 12.5 Å². The van der Waals surface area contributed by atoms with Crippen molar-refractivity contribution in [1.29, 1.82) is 0 Å². The Morgan fingerprint density at radius 2 is 1.70 bits per heavy atom. The largest absolute Gasteiger partial charge is 0.435 e. The molecule has 0 bridgehead atoms. The summed E-state index contributed by atoms with van der Waals surface area (Å²) in [6.07, 6.45) is 2.11. The van der Waals surface area contributed by atoms with Gasteiger partial charge in [-0.15, -0.1) is 0 Å². The highest BCUT2D eigenvalue weighted by atomic mass is 19.3. The first-order chi connectivity index (χ1) is 14.6. The minimum absolute atomic E-state index is 0.137. The number of ether oxygens (including phenoxy) is 1. The van der Waals surface area contributed by atoms with Gasteiger partial charge in [-0.05, 0) is 71.8 Å². The van der Waals surface area contributed by atoms with Gasteiger partial charge in [-0.2, -0.15) is 8.78 Å². The summed E-state index contributed by atoms with van der Waals surface area (Å²) < 4.78 is 29.1. The summed E-state index contributed by atoms with van der Waals surface area (Å²) in [5, 5.41) is 4.41. The van der Waals surface area contributed by atoms with Crippen LogP contribution in [0.5, 0.6) is 5.75 Å². The van der Waals surface area contributed by atoms with Crippen molar-refractivity contribution < 1.29 is 18.4 Å². The van der Waals surface area contributed by atoms with Gasteiger partial charge in [-0.25, -0.2) is 0 Å². The Labute approximate surface area is 175 Å². The molecule has 3 aromatic rings. The van der Waals surface area contributed by atoms with E-state index in [2.05, 4.69) is 35.0 Å². The first-order valence-electron chi connectivity index (χ1n) is 10.0. The third-order valence-corrected chi connectivity index (χ3v) is 5.25. The lowest BCUT2D eigenvalue weighted by Crippen LogP contribution is -2.06. The average Bonchev–Trinajstić information content (AvgIpc) is 3.58. The van der Waals surface area contributed by atoms with E-state index in [1.807, 2.05) is 30.3 Å². The van der Waals surface area contributed by atoms with Crippen LogP contribution in [0.3, 0.4) is 0 Å². The Morgan fingerprint density at radius 3 is 2.37 bits per heavy atom. The summed E-state index contributed by atoms with van der Waals surface area (Å²) in [5.74, 6) is 0.488. The van der Waals surface area contributed by atoms with Crippen LogP contribution < -0.4 is 4.74 Å². The SMILES string of the molecule is Cc1c(CON=C(c2ccc(OC(F)F)cc2)C2CC2)cccc1-c1ccccc1. The molecule has 0 atom stereocenters. The van der Waals surface area contributed by atoms with Crippen LogP contribution in [0.1, 0.15) is 29.5 Å². The van der Waals surface area contributed by atoms with Gasteiger partial charge >= 0.3 is 6.61 Å². The van der Waals surface area contributed by atoms with Crippen LogP contribution in [0.2, 0.25) is 0 Å². The van der Waals surface area contributed by atoms with Gasteiger partial charge in [-0.1, -0.05) is 53.7 Å². The molecule has 3 nitrogen and oxygen atoms in total. The van der Waals surface area contributed by atoms with Gasteiger partial charge in [0.05, 0.1) is 5.71 Å². The number of oxime groups is 1. The maximum Gasteiger partial charge on any atom is 0.387 e. The molecular weight excluding hydrogens is 384 g/mol. The van der Waals surface area contributed by atoms with Crippen LogP contribution in [0.15, 0.2) is 78.0 Å². The lowest BCUT2D eigenvalue weighted by atomic mass is 9.97.